The van der Waals surface area contributed by atoms with Crippen molar-refractivity contribution in [3.63, 3.8) is 0 Å². The second-order valence-electron chi connectivity index (χ2n) is 9.44. The lowest BCUT2D eigenvalue weighted by Gasteiger charge is -2.34. The molecule has 1 fully saturated rings. The van der Waals surface area contributed by atoms with Crippen molar-refractivity contribution in [2.24, 2.45) is 5.92 Å². The number of para-hydroxylation sites is 1. The van der Waals surface area contributed by atoms with Gasteiger partial charge in [0.15, 0.2) is 11.6 Å². The number of methoxy groups -OCH3 is 1. The largest absolute Gasteiger partial charge is 0.493 e. The Balaban J connectivity index is 1.82. The van der Waals surface area contributed by atoms with Gasteiger partial charge in [-0.25, -0.2) is 27.5 Å². The molecule has 0 bridgehead atoms. The number of benzene rings is 1. The monoisotopic (exact) mass is 513 g/mol. The molecular weight excluding hydrogens is 485 g/mol. The maximum Gasteiger partial charge on any atom is 0.268 e. The fourth-order valence-corrected chi connectivity index (χ4v) is 5.77. The number of nitrogen functional groups attached to an aromatic ring is 1. The zero-order valence-electron chi connectivity index (χ0n) is 20.4. The molecule has 1 atom stereocenters. The van der Waals surface area contributed by atoms with Crippen LogP contribution in [-0.2, 0) is 10.0 Å². The average molecular weight is 514 g/mol. The molecule has 0 spiro atoms. The van der Waals surface area contributed by atoms with E-state index in [-0.39, 0.29) is 27.6 Å². The van der Waals surface area contributed by atoms with Crippen LogP contribution in [0.15, 0.2) is 53.6 Å². The van der Waals surface area contributed by atoms with Gasteiger partial charge in [-0.05, 0) is 62.6 Å². The van der Waals surface area contributed by atoms with E-state index in [1.165, 1.54) is 43.6 Å². The number of amides is 1. The van der Waals surface area contributed by atoms with Crippen LogP contribution in [0.3, 0.4) is 0 Å². The van der Waals surface area contributed by atoms with Gasteiger partial charge in [-0.2, -0.15) is 0 Å². The Bertz CT molecular complexity index is 1430. The van der Waals surface area contributed by atoms with Crippen molar-refractivity contribution >= 4 is 27.6 Å². The molecule has 1 aromatic carbocycles. The molecule has 1 unspecified atom stereocenters. The van der Waals surface area contributed by atoms with E-state index >= 15 is 0 Å². The van der Waals surface area contributed by atoms with E-state index in [1.807, 2.05) is 18.7 Å². The fourth-order valence-electron chi connectivity index (χ4n) is 4.72. The van der Waals surface area contributed by atoms with Gasteiger partial charge in [0.1, 0.15) is 16.5 Å². The summed E-state index contributed by atoms with van der Waals surface area (Å²) in [5.74, 6) is -1.01. The van der Waals surface area contributed by atoms with Crippen LogP contribution in [0.5, 0.6) is 5.75 Å². The second-order valence-corrected chi connectivity index (χ2v) is 11.1. The molecule has 190 valence electrons. The Morgan fingerprint density at radius 3 is 2.61 bits per heavy atom. The van der Waals surface area contributed by atoms with Crippen molar-refractivity contribution in [3.8, 4) is 17.0 Å². The predicted molar refractivity (Wildman–Crippen MR) is 135 cm³/mol. The number of ether oxygens (including phenoxy) is 1. The molecule has 0 saturated carbocycles. The normalized spacial score (nSPS) is 17.1. The molecule has 3 aromatic rings. The van der Waals surface area contributed by atoms with Crippen LogP contribution in [0.4, 0.5) is 16.0 Å². The molecule has 0 aliphatic carbocycles. The number of nitrogens with two attached hydrogens (primary N) is 1. The van der Waals surface area contributed by atoms with Crippen molar-refractivity contribution in [1.29, 1.82) is 0 Å². The standard InChI is InChI=1S/C25H28FN5O4S/c1-15-13-25(2,3)31(14-15)23-17(24(32)30-36(33,34)20-9-6-12-28-22(20)27)10-11-19(29-23)16-7-5-8-18(26)21(16)35-4/h5-12,15H,13-14H2,1-4H3,(H2,27,28)(H,30,32). The van der Waals surface area contributed by atoms with Crippen LogP contribution in [0.2, 0.25) is 0 Å². The van der Waals surface area contributed by atoms with Gasteiger partial charge in [-0.15, -0.1) is 0 Å². The second kappa shape index (κ2) is 9.38. The number of nitrogens with one attached hydrogen (secondary N) is 1. The molecule has 1 aliphatic heterocycles. The van der Waals surface area contributed by atoms with Crippen LogP contribution < -0.4 is 20.1 Å². The Hall–Kier alpha value is -3.73. The zero-order chi connectivity index (χ0) is 26.3. The van der Waals surface area contributed by atoms with Gasteiger partial charge in [0, 0.05) is 23.8 Å². The van der Waals surface area contributed by atoms with E-state index in [2.05, 4.69) is 16.6 Å². The van der Waals surface area contributed by atoms with Gasteiger partial charge < -0.3 is 15.4 Å². The minimum Gasteiger partial charge on any atom is -0.493 e. The minimum atomic E-state index is -4.30. The molecule has 1 saturated heterocycles. The number of anilines is 2. The van der Waals surface area contributed by atoms with Crippen LogP contribution in [0.25, 0.3) is 11.3 Å². The lowest BCUT2D eigenvalue weighted by atomic mass is 9.97. The van der Waals surface area contributed by atoms with Crippen molar-refractivity contribution in [2.45, 2.75) is 37.6 Å². The van der Waals surface area contributed by atoms with Gasteiger partial charge >= 0.3 is 0 Å². The maximum absolute atomic E-state index is 14.4. The maximum atomic E-state index is 14.4. The Labute approximate surface area is 209 Å². The number of carbonyl (C=O) groups excluding carboxylic acids is 1. The summed E-state index contributed by atoms with van der Waals surface area (Å²) in [6.45, 7) is 6.76. The van der Waals surface area contributed by atoms with E-state index in [0.29, 0.717) is 29.5 Å². The number of carbonyl (C=O) groups is 1. The smallest absolute Gasteiger partial charge is 0.268 e. The lowest BCUT2D eigenvalue weighted by Crippen LogP contribution is -2.41. The highest BCUT2D eigenvalue weighted by Crippen LogP contribution is 2.39. The van der Waals surface area contributed by atoms with Crippen LogP contribution in [0.1, 0.15) is 37.6 Å². The zero-order valence-corrected chi connectivity index (χ0v) is 21.3. The molecule has 3 N–H and O–H groups in total. The van der Waals surface area contributed by atoms with Crippen LogP contribution in [-0.4, -0.2) is 43.5 Å². The first-order chi connectivity index (χ1) is 16.9. The summed E-state index contributed by atoms with van der Waals surface area (Å²) in [7, 11) is -2.93. The molecule has 1 amide bonds. The number of pyridine rings is 2. The highest BCUT2D eigenvalue weighted by Gasteiger charge is 2.39. The Morgan fingerprint density at radius 2 is 1.97 bits per heavy atom. The SMILES string of the molecule is COc1c(F)cccc1-c1ccc(C(=O)NS(=O)(=O)c2cccnc2N)c(N2CC(C)CC2(C)C)n1. The molecule has 3 heterocycles. The number of aromatic nitrogens is 2. The highest BCUT2D eigenvalue weighted by molar-refractivity contribution is 7.90. The molecule has 36 heavy (non-hydrogen) atoms. The molecular formula is C25H28FN5O4S. The van der Waals surface area contributed by atoms with E-state index < -0.39 is 21.7 Å². The molecule has 11 heteroatoms. The van der Waals surface area contributed by atoms with Gasteiger partial charge in [0.2, 0.25) is 0 Å². The molecule has 9 nitrogen and oxygen atoms in total. The minimum absolute atomic E-state index is 0.0248. The van der Waals surface area contributed by atoms with Crippen LogP contribution >= 0.6 is 0 Å². The third-order valence-corrected chi connectivity index (χ3v) is 7.59. The third kappa shape index (κ3) is 4.70. The first-order valence-corrected chi connectivity index (χ1v) is 12.8. The summed E-state index contributed by atoms with van der Waals surface area (Å²) in [5, 5.41) is 0. The van der Waals surface area contributed by atoms with E-state index in [9.17, 15) is 17.6 Å². The number of hydrogen-bond acceptors (Lipinski definition) is 8. The highest BCUT2D eigenvalue weighted by atomic mass is 32.2. The quantitative estimate of drug-likeness (QED) is 0.512. The van der Waals surface area contributed by atoms with Gasteiger partial charge in [0.25, 0.3) is 15.9 Å². The summed E-state index contributed by atoms with van der Waals surface area (Å²) in [4.78, 5) is 23.5. The van der Waals surface area contributed by atoms with Gasteiger partial charge in [-0.3, -0.25) is 4.79 Å². The third-order valence-electron chi connectivity index (χ3n) is 6.21. The predicted octanol–water partition coefficient (Wildman–Crippen LogP) is 3.62. The summed E-state index contributed by atoms with van der Waals surface area (Å²) < 4.78 is 47.6. The molecule has 4 rings (SSSR count). The van der Waals surface area contributed by atoms with E-state index in [1.54, 1.807) is 12.1 Å². The summed E-state index contributed by atoms with van der Waals surface area (Å²) in [6.07, 6.45) is 2.20. The first kappa shape index (κ1) is 25.4. The Morgan fingerprint density at radius 1 is 1.22 bits per heavy atom. The van der Waals surface area contributed by atoms with Gasteiger partial charge in [-0.1, -0.05) is 13.0 Å². The lowest BCUT2D eigenvalue weighted by molar-refractivity contribution is 0.0981. The molecule has 2 aromatic heterocycles. The summed E-state index contributed by atoms with van der Waals surface area (Å²) >= 11 is 0. The number of nitrogens with zero attached hydrogens (tertiary/aromatic N) is 3. The molecule has 0 radical (unpaired) electrons. The van der Waals surface area contributed by atoms with Crippen molar-refractivity contribution in [3.05, 3.63) is 60.0 Å². The van der Waals surface area contributed by atoms with Crippen molar-refractivity contribution in [2.75, 3.05) is 24.3 Å². The van der Waals surface area contributed by atoms with Crippen molar-refractivity contribution in [1.82, 2.24) is 14.7 Å². The van der Waals surface area contributed by atoms with Crippen molar-refractivity contribution < 1.29 is 22.3 Å². The number of halogens is 1. The summed E-state index contributed by atoms with van der Waals surface area (Å²) in [6, 6.07) is 10.2. The fraction of sp³-hybridized carbons (Fsp3) is 0.320. The summed E-state index contributed by atoms with van der Waals surface area (Å²) in [5.41, 5.74) is 6.21. The first-order valence-electron chi connectivity index (χ1n) is 11.3. The van der Waals surface area contributed by atoms with E-state index in [0.717, 1.165) is 6.42 Å². The number of sulfonamides is 1. The Kier molecular flexibility index (Phi) is 6.61. The van der Waals surface area contributed by atoms with Crippen LogP contribution in [0, 0.1) is 11.7 Å². The number of rotatable bonds is 6. The molecule has 1 aliphatic rings. The van der Waals surface area contributed by atoms with Gasteiger partial charge in [0.05, 0.1) is 18.4 Å². The average Bonchev–Trinajstić information content (AvgIpc) is 3.09. The van der Waals surface area contributed by atoms with E-state index in [4.69, 9.17) is 15.5 Å². The topological polar surface area (TPSA) is 128 Å². The number of hydrogen-bond donors (Lipinski definition) is 2.